The summed E-state index contributed by atoms with van der Waals surface area (Å²) in [5.74, 6) is -0.747. The van der Waals surface area contributed by atoms with Crippen LogP contribution in [-0.4, -0.2) is 23.0 Å². The maximum atomic E-state index is 11.4. The van der Waals surface area contributed by atoms with E-state index in [1.165, 1.54) is 7.11 Å². The van der Waals surface area contributed by atoms with E-state index >= 15 is 0 Å². The van der Waals surface area contributed by atoms with Crippen molar-refractivity contribution in [3.05, 3.63) is 40.1 Å². The zero-order valence-electron chi connectivity index (χ0n) is 8.39. The van der Waals surface area contributed by atoms with Crippen LogP contribution in [0, 0.1) is 10.1 Å². The molecule has 0 unspecified atom stereocenters. The van der Waals surface area contributed by atoms with Gasteiger partial charge in [-0.3, -0.25) is 10.1 Å². The summed E-state index contributed by atoms with van der Waals surface area (Å²) in [7, 11) is 1.18. The number of nitrogens with zero attached hydrogens (tertiary/aromatic N) is 1. The van der Waals surface area contributed by atoms with E-state index in [1.807, 2.05) is 0 Å². The summed E-state index contributed by atoms with van der Waals surface area (Å²) in [5.41, 5.74) is 0.158. The molecule has 0 spiro atoms. The highest BCUT2D eigenvalue weighted by atomic mass is 16.6. The van der Waals surface area contributed by atoms with Crippen molar-refractivity contribution in [3.63, 3.8) is 0 Å². The Balaban J connectivity index is 2.78. The highest BCUT2D eigenvalue weighted by Gasteiger charge is 2.26. The Morgan fingerprint density at radius 3 is 2.75 bits per heavy atom. The fourth-order valence-electron chi connectivity index (χ4n) is 1.57. The highest BCUT2D eigenvalue weighted by molar-refractivity contribution is 6.03. The van der Waals surface area contributed by atoms with Crippen LogP contribution >= 0.6 is 0 Å². The van der Waals surface area contributed by atoms with Crippen molar-refractivity contribution in [2.24, 2.45) is 0 Å². The summed E-state index contributed by atoms with van der Waals surface area (Å²) in [5, 5.41) is 11.3. The van der Waals surface area contributed by atoms with Crippen molar-refractivity contribution in [1.82, 2.24) is 4.98 Å². The Labute approximate surface area is 90.0 Å². The van der Waals surface area contributed by atoms with Gasteiger partial charge in [0.05, 0.1) is 22.9 Å². The van der Waals surface area contributed by atoms with E-state index in [0.29, 0.717) is 10.9 Å². The zero-order chi connectivity index (χ0) is 11.7. The van der Waals surface area contributed by atoms with Gasteiger partial charge in [0.25, 0.3) is 0 Å². The number of benzene rings is 1. The fraction of sp³-hybridized carbons (Fsp3) is 0.100. The first-order chi connectivity index (χ1) is 7.65. The van der Waals surface area contributed by atoms with Gasteiger partial charge in [-0.15, -0.1) is 0 Å². The number of aromatic nitrogens is 1. The lowest BCUT2D eigenvalue weighted by atomic mass is 10.2. The summed E-state index contributed by atoms with van der Waals surface area (Å²) in [6.45, 7) is 0. The number of hydrogen-bond acceptors (Lipinski definition) is 4. The average Bonchev–Trinajstić information content (AvgIpc) is 2.67. The summed E-state index contributed by atoms with van der Waals surface area (Å²) >= 11 is 0. The lowest BCUT2D eigenvalue weighted by Gasteiger charge is -1.94. The van der Waals surface area contributed by atoms with Crippen LogP contribution in [0.2, 0.25) is 0 Å². The second-order valence-corrected chi connectivity index (χ2v) is 3.14. The number of aromatic amines is 1. The molecule has 1 aromatic heterocycles. The lowest BCUT2D eigenvalue weighted by Crippen LogP contribution is -2.04. The molecule has 0 bridgehead atoms. The van der Waals surface area contributed by atoms with Crippen LogP contribution in [0.1, 0.15) is 10.5 Å². The first-order valence-corrected chi connectivity index (χ1v) is 4.48. The van der Waals surface area contributed by atoms with E-state index in [4.69, 9.17) is 0 Å². The smallest absolute Gasteiger partial charge is 0.361 e. The third-order valence-electron chi connectivity index (χ3n) is 2.25. The minimum Gasteiger partial charge on any atom is -0.464 e. The quantitative estimate of drug-likeness (QED) is 0.475. The highest BCUT2D eigenvalue weighted by Crippen LogP contribution is 2.29. The number of nitrogens with one attached hydrogen (secondary N) is 1. The number of esters is 1. The number of methoxy groups -OCH3 is 1. The Bertz CT molecular complexity index is 573. The van der Waals surface area contributed by atoms with Gasteiger partial charge >= 0.3 is 11.7 Å². The Kier molecular flexibility index (Phi) is 2.32. The molecule has 0 fully saturated rings. The molecule has 16 heavy (non-hydrogen) atoms. The van der Waals surface area contributed by atoms with Crippen molar-refractivity contribution in [2.75, 3.05) is 7.11 Å². The standard InChI is InChI=1S/C10H8N2O4/c1-16-10(13)8-9(12(14)15)6-4-2-3-5-7(6)11-8/h2-5,11H,1H3. The van der Waals surface area contributed by atoms with Crippen LogP contribution in [0.4, 0.5) is 5.69 Å². The monoisotopic (exact) mass is 220 g/mol. The summed E-state index contributed by atoms with van der Waals surface area (Å²) in [6, 6.07) is 6.64. The summed E-state index contributed by atoms with van der Waals surface area (Å²) < 4.78 is 4.48. The van der Waals surface area contributed by atoms with Gasteiger partial charge in [-0.05, 0) is 12.1 Å². The first kappa shape index (κ1) is 10.2. The number of rotatable bonds is 2. The summed E-state index contributed by atoms with van der Waals surface area (Å²) in [6.07, 6.45) is 0. The number of fused-ring (bicyclic) bond motifs is 1. The van der Waals surface area contributed by atoms with Gasteiger partial charge in [0.15, 0.2) is 0 Å². The van der Waals surface area contributed by atoms with Crippen LogP contribution in [0.5, 0.6) is 0 Å². The van der Waals surface area contributed by atoms with Crippen LogP contribution < -0.4 is 0 Å². The molecule has 2 aromatic rings. The van der Waals surface area contributed by atoms with Crippen LogP contribution in [0.3, 0.4) is 0 Å². The van der Waals surface area contributed by atoms with Gasteiger partial charge in [-0.2, -0.15) is 0 Å². The number of H-pyrrole nitrogens is 1. The molecule has 0 aliphatic carbocycles. The number of carbonyl (C=O) groups excluding carboxylic acids is 1. The molecule has 0 aliphatic rings. The number of ether oxygens (including phenoxy) is 1. The topological polar surface area (TPSA) is 85.2 Å². The molecule has 1 heterocycles. The number of hydrogen-bond donors (Lipinski definition) is 1. The third kappa shape index (κ3) is 1.40. The van der Waals surface area contributed by atoms with Crippen LogP contribution in [0.15, 0.2) is 24.3 Å². The first-order valence-electron chi connectivity index (χ1n) is 4.48. The van der Waals surface area contributed by atoms with Crippen molar-refractivity contribution in [1.29, 1.82) is 0 Å². The van der Waals surface area contributed by atoms with Gasteiger partial charge < -0.3 is 9.72 Å². The van der Waals surface area contributed by atoms with E-state index < -0.39 is 10.9 Å². The molecule has 0 aliphatic heterocycles. The Hall–Kier alpha value is -2.37. The van der Waals surface area contributed by atoms with E-state index in [9.17, 15) is 14.9 Å². The predicted octanol–water partition coefficient (Wildman–Crippen LogP) is 1.86. The normalized spacial score (nSPS) is 10.3. The minimum atomic E-state index is -0.747. The van der Waals surface area contributed by atoms with Crippen molar-refractivity contribution in [3.8, 4) is 0 Å². The van der Waals surface area contributed by atoms with Crippen molar-refractivity contribution in [2.45, 2.75) is 0 Å². The number of nitro groups is 1. The fourth-order valence-corrected chi connectivity index (χ4v) is 1.57. The third-order valence-corrected chi connectivity index (χ3v) is 2.25. The number of para-hydroxylation sites is 1. The van der Waals surface area contributed by atoms with E-state index in [2.05, 4.69) is 9.72 Å². The van der Waals surface area contributed by atoms with Crippen molar-refractivity contribution >= 4 is 22.6 Å². The van der Waals surface area contributed by atoms with E-state index in [0.717, 1.165) is 0 Å². The predicted molar refractivity (Wildman–Crippen MR) is 56.3 cm³/mol. The molecular formula is C10H8N2O4. The van der Waals surface area contributed by atoms with Crippen LogP contribution in [0.25, 0.3) is 10.9 Å². The second kappa shape index (κ2) is 3.65. The van der Waals surface area contributed by atoms with Gasteiger partial charge in [0.1, 0.15) is 0 Å². The molecule has 1 aromatic carbocycles. The maximum absolute atomic E-state index is 11.4. The number of carbonyl (C=O) groups is 1. The molecule has 0 radical (unpaired) electrons. The molecule has 0 atom stereocenters. The molecule has 6 nitrogen and oxygen atoms in total. The maximum Gasteiger partial charge on any atom is 0.361 e. The Morgan fingerprint density at radius 2 is 2.12 bits per heavy atom. The van der Waals surface area contributed by atoms with Gasteiger partial charge in [-0.25, -0.2) is 4.79 Å². The molecule has 82 valence electrons. The molecule has 0 amide bonds. The molecule has 0 saturated carbocycles. The van der Waals surface area contributed by atoms with Gasteiger partial charge in [0, 0.05) is 0 Å². The van der Waals surface area contributed by atoms with Gasteiger partial charge in [-0.1, -0.05) is 12.1 Å². The minimum absolute atomic E-state index is 0.131. The molecule has 6 heteroatoms. The molecule has 2 rings (SSSR count). The van der Waals surface area contributed by atoms with Crippen molar-refractivity contribution < 1.29 is 14.5 Å². The van der Waals surface area contributed by atoms with Crippen LogP contribution in [-0.2, 0) is 4.74 Å². The zero-order valence-corrected chi connectivity index (χ0v) is 8.39. The largest absolute Gasteiger partial charge is 0.464 e. The lowest BCUT2D eigenvalue weighted by molar-refractivity contribution is -0.383. The molecular weight excluding hydrogens is 212 g/mol. The van der Waals surface area contributed by atoms with E-state index in [-0.39, 0.29) is 11.4 Å². The average molecular weight is 220 g/mol. The second-order valence-electron chi connectivity index (χ2n) is 3.14. The SMILES string of the molecule is COC(=O)c1[nH]c2ccccc2c1[N+](=O)[O-]. The van der Waals surface area contributed by atoms with Gasteiger partial charge in [0.2, 0.25) is 5.69 Å². The molecule has 0 saturated heterocycles. The Morgan fingerprint density at radius 1 is 1.44 bits per heavy atom. The van der Waals surface area contributed by atoms with E-state index in [1.54, 1.807) is 24.3 Å². The molecule has 1 N–H and O–H groups in total. The summed E-state index contributed by atoms with van der Waals surface area (Å²) in [4.78, 5) is 24.3.